The molecule has 2 aromatic carbocycles. The smallest absolute Gasteiger partial charge is 0.269 e. The number of amides is 2. The molecule has 2 aromatic heterocycles. The lowest BCUT2D eigenvalue weighted by Crippen LogP contribution is -2.16. The van der Waals surface area contributed by atoms with Crippen LogP contribution in [0.1, 0.15) is 32.0 Å². The number of sulfone groups is 1. The lowest BCUT2D eigenvalue weighted by atomic mass is 9.88. The van der Waals surface area contributed by atoms with E-state index in [2.05, 4.69) is 15.4 Å². The second kappa shape index (κ2) is 8.89. The van der Waals surface area contributed by atoms with E-state index in [9.17, 15) is 18.0 Å². The van der Waals surface area contributed by atoms with Gasteiger partial charge in [-0.2, -0.15) is 5.10 Å². The topological polar surface area (TPSA) is 137 Å². The first-order valence-electron chi connectivity index (χ1n) is 10.9. The number of primary amides is 1. The zero-order valence-electron chi connectivity index (χ0n) is 19.0. The van der Waals surface area contributed by atoms with Crippen LogP contribution in [0.4, 0.5) is 5.69 Å². The molecule has 4 aromatic rings. The zero-order chi connectivity index (χ0) is 25.6. The fourth-order valence-electron chi connectivity index (χ4n) is 4.29. The highest BCUT2D eigenvalue weighted by molar-refractivity contribution is 7.90. The fourth-order valence-corrected chi connectivity index (χ4v) is 5.13. The van der Waals surface area contributed by atoms with Gasteiger partial charge in [-0.1, -0.05) is 17.7 Å². The molecule has 11 heteroatoms. The van der Waals surface area contributed by atoms with Crippen molar-refractivity contribution in [3.8, 4) is 16.9 Å². The van der Waals surface area contributed by atoms with Gasteiger partial charge >= 0.3 is 0 Å². The van der Waals surface area contributed by atoms with E-state index < -0.39 is 15.7 Å². The number of nitrogens with zero attached hydrogens (tertiary/aromatic N) is 3. The third-order valence-electron chi connectivity index (χ3n) is 6.01. The van der Waals surface area contributed by atoms with Gasteiger partial charge in [0.05, 0.1) is 26.9 Å². The molecule has 0 bridgehead atoms. The van der Waals surface area contributed by atoms with Crippen LogP contribution in [0.5, 0.6) is 0 Å². The second-order valence-electron chi connectivity index (χ2n) is 8.40. The number of carbonyl (C=O) groups is 2. The number of pyridine rings is 1. The number of hydrogen-bond acceptors (Lipinski definition) is 6. The number of anilines is 1. The van der Waals surface area contributed by atoms with Crippen LogP contribution in [0, 0.1) is 0 Å². The molecule has 5 rings (SSSR count). The van der Waals surface area contributed by atoms with Gasteiger partial charge in [-0.3, -0.25) is 14.6 Å². The Labute approximate surface area is 211 Å². The molecule has 0 atom stereocenters. The summed E-state index contributed by atoms with van der Waals surface area (Å²) in [6, 6.07) is 13.3. The summed E-state index contributed by atoms with van der Waals surface area (Å²) in [5, 5.41) is 7.57. The molecule has 3 N–H and O–H groups in total. The highest BCUT2D eigenvalue weighted by Gasteiger charge is 2.28. The van der Waals surface area contributed by atoms with Crippen LogP contribution in [0.25, 0.3) is 16.9 Å². The number of aryl methyl sites for hydroxylation is 1. The van der Waals surface area contributed by atoms with Gasteiger partial charge in [0.15, 0.2) is 15.5 Å². The summed E-state index contributed by atoms with van der Waals surface area (Å²) in [7, 11) is -3.38. The van der Waals surface area contributed by atoms with Gasteiger partial charge in [-0.05, 0) is 60.9 Å². The van der Waals surface area contributed by atoms with Gasteiger partial charge in [0.1, 0.15) is 0 Å². The first-order valence-corrected chi connectivity index (χ1v) is 13.2. The number of benzene rings is 2. The van der Waals surface area contributed by atoms with Gasteiger partial charge in [0, 0.05) is 35.5 Å². The number of rotatable bonds is 5. The molecule has 1 aliphatic rings. The molecular weight excluding hydrogens is 502 g/mol. The van der Waals surface area contributed by atoms with E-state index in [1.807, 2.05) is 12.1 Å². The lowest BCUT2D eigenvalue weighted by Gasteiger charge is -2.20. The predicted octanol–water partition coefficient (Wildman–Crippen LogP) is 3.44. The van der Waals surface area contributed by atoms with E-state index in [-0.39, 0.29) is 27.1 Å². The van der Waals surface area contributed by atoms with Crippen molar-refractivity contribution < 1.29 is 18.0 Å². The Kier molecular flexibility index (Phi) is 5.85. The van der Waals surface area contributed by atoms with Crippen molar-refractivity contribution in [2.45, 2.75) is 17.7 Å². The largest absolute Gasteiger partial charge is 0.364 e. The number of nitrogens with one attached hydrogen (secondary N) is 1. The summed E-state index contributed by atoms with van der Waals surface area (Å²) in [4.78, 5) is 29.1. The highest BCUT2D eigenvalue weighted by Crippen LogP contribution is 2.38. The maximum absolute atomic E-state index is 12.8. The summed E-state index contributed by atoms with van der Waals surface area (Å²) >= 11 is 6.11. The molecule has 182 valence electrons. The molecule has 2 amide bonds. The van der Waals surface area contributed by atoms with Crippen LogP contribution in [-0.2, 0) is 22.7 Å². The summed E-state index contributed by atoms with van der Waals surface area (Å²) in [5.41, 5.74) is 10.3. The molecule has 9 nitrogen and oxygen atoms in total. The SMILES string of the molecule is CS(=O)(=O)c1ccc(-n2nc(C(N)=O)c3c2-c2cc(NC(=O)c4ccncc4Cl)ccc2CC3)cc1. The molecule has 36 heavy (non-hydrogen) atoms. The normalized spacial score (nSPS) is 12.5. The first kappa shape index (κ1) is 23.7. The first-order chi connectivity index (χ1) is 17.1. The Hall–Kier alpha value is -4.02. The Morgan fingerprint density at radius 2 is 1.83 bits per heavy atom. The number of aromatic nitrogens is 3. The monoisotopic (exact) mass is 521 g/mol. The van der Waals surface area contributed by atoms with E-state index in [0.717, 1.165) is 17.4 Å². The molecular formula is C25H20ClN5O4S. The number of carbonyl (C=O) groups excluding carboxylic acids is 2. The van der Waals surface area contributed by atoms with Crippen molar-refractivity contribution in [3.63, 3.8) is 0 Å². The van der Waals surface area contributed by atoms with Gasteiger partial charge in [-0.15, -0.1) is 0 Å². The van der Waals surface area contributed by atoms with Crippen LogP contribution in [-0.4, -0.2) is 41.3 Å². The van der Waals surface area contributed by atoms with Crippen LogP contribution in [0.2, 0.25) is 5.02 Å². The highest BCUT2D eigenvalue weighted by atomic mass is 35.5. The van der Waals surface area contributed by atoms with Crippen molar-refractivity contribution in [2.75, 3.05) is 11.6 Å². The van der Waals surface area contributed by atoms with Gasteiger partial charge in [-0.25, -0.2) is 13.1 Å². The quantitative estimate of drug-likeness (QED) is 0.412. The summed E-state index contributed by atoms with van der Waals surface area (Å²) < 4.78 is 25.4. The van der Waals surface area contributed by atoms with Crippen LogP contribution in [0.3, 0.4) is 0 Å². The third kappa shape index (κ3) is 4.25. The number of fused-ring (bicyclic) bond motifs is 3. The van der Waals surface area contributed by atoms with Crippen LogP contribution < -0.4 is 11.1 Å². The van der Waals surface area contributed by atoms with Crippen LogP contribution in [0.15, 0.2) is 65.8 Å². The minimum Gasteiger partial charge on any atom is -0.364 e. The molecule has 0 saturated heterocycles. The predicted molar refractivity (Wildman–Crippen MR) is 135 cm³/mol. The molecule has 2 heterocycles. The van der Waals surface area contributed by atoms with E-state index in [4.69, 9.17) is 17.3 Å². The average Bonchev–Trinajstić information content (AvgIpc) is 3.24. The molecule has 0 radical (unpaired) electrons. The van der Waals surface area contributed by atoms with Crippen molar-refractivity contribution in [3.05, 3.63) is 88.3 Å². The van der Waals surface area contributed by atoms with E-state index in [1.165, 1.54) is 30.6 Å². The standard InChI is InChI=1S/C25H20ClN5O4S/c1-36(34,35)17-7-5-16(6-8-17)31-23-19(22(30-31)24(27)32)9-3-14-2-4-15(12-20(14)23)29-25(33)18-10-11-28-13-21(18)26/h2,4-8,10-13H,3,9H2,1H3,(H2,27,32)(H,29,33). The Bertz CT molecular complexity index is 1650. The van der Waals surface area contributed by atoms with Crippen molar-refractivity contribution in [2.24, 2.45) is 5.73 Å². The molecule has 0 saturated carbocycles. The zero-order valence-corrected chi connectivity index (χ0v) is 20.6. The molecule has 0 unspecified atom stereocenters. The van der Waals surface area contributed by atoms with Crippen molar-refractivity contribution in [1.82, 2.24) is 14.8 Å². The summed E-state index contributed by atoms with van der Waals surface area (Å²) in [5.74, 6) is -1.04. The lowest BCUT2D eigenvalue weighted by molar-refractivity contribution is 0.0992. The second-order valence-corrected chi connectivity index (χ2v) is 10.8. The summed E-state index contributed by atoms with van der Waals surface area (Å²) in [6.07, 6.45) is 5.23. The van der Waals surface area contributed by atoms with E-state index >= 15 is 0 Å². The van der Waals surface area contributed by atoms with E-state index in [1.54, 1.807) is 22.9 Å². The summed E-state index contributed by atoms with van der Waals surface area (Å²) in [6.45, 7) is 0. The number of nitrogens with two attached hydrogens (primary N) is 1. The van der Waals surface area contributed by atoms with Crippen molar-refractivity contribution >= 4 is 38.9 Å². The minimum absolute atomic E-state index is 0.154. The fraction of sp³-hybridized carbons (Fsp3) is 0.120. The Balaban J connectivity index is 1.61. The molecule has 0 fully saturated rings. The Morgan fingerprint density at radius 3 is 2.50 bits per heavy atom. The van der Waals surface area contributed by atoms with Gasteiger partial charge < -0.3 is 11.1 Å². The number of halogens is 1. The van der Waals surface area contributed by atoms with Gasteiger partial charge in [0.25, 0.3) is 11.8 Å². The third-order valence-corrected chi connectivity index (χ3v) is 7.44. The number of hydrogen-bond donors (Lipinski definition) is 2. The average molecular weight is 522 g/mol. The van der Waals surface area contributed by atoms with Crippen LogP contribution >= 0.6 is 11.6 Å². The van der Waals surface area contributed by atoms with E-state index in [0.29, 0.717) is 35.5 Å². The maximum atomic E-state index is 12.8. The van der Waals surface area contributed by atoms with Crippen molar-refractivity contribution in [1.29, 1.82) is 0 Å². The minimum atomic E-state index is -3.38. The van der Waals surface area contributed by atoms with Gasteiger partial charge in [0.2, 0.25) is 0 Å². The Morgan fingerprint density at radius 1 is 1.08 bits per heavy atom. The maximum Gasteiger partial charge on any atom is 0.269 e. The molecule has 1 aliphatic carbocycles. The molecule has 0 aliphatic heterocycles. The molecule has 0 spiro atoms.